The maximum atomic E-state index is 13.2. The van der Waals surface area contributed by atoms with Gasteiger partial charge in [0.05, 0.1) is 11.1 Å². The number of rotatable bonds is 11. The molecule has 224 valence electrons. The fourth-order valence-electron chi connectivity index (χ4n) is 4.13. The van der Waals surface area contributed by atoms with Crippen LogP contribution in [0.4, 0.5) is 23.0 Å². The molecule has 2 aromatic carbocycles. The Hall–Kier alpha value is -4.39. The smallest absolute Gasteiger partial charge is 0.256 e. The quantitative estimate of drug-likeness (QED) is 0.131. The van der Waals surface area contributed by atoms with Gasteiger partial charge in [-0.05, 0) is 95.5 Å². The zero-order chi connectivity index (χ0) is 31.1. The molecule has 5 rings (SSSR count). The van der Waals surface area contributed by atoms with Crippen molar-refractivity contribution in [3.63, 3.8) is 0 Å². The number of hydrogen-bond acceptors (Lipinski definition) is 9. The van der Waals surface area contributed by atoms with Gasteiger partial charge in [-0.15, -0.1) is 0 Å². The summed E-state index contributed by atoms with van der Waals surface area (Å²) in [7, 11) is 0. The Morgan fingerprint density at radius 3 is 2.50 bits per heavy atom. The molecule has 3 N–H and O–H groups in total. The molecule has 0 bridgehead atoms. The van der Waals surface area contributed by atoms with E-state index >= 15 is 0 Å². The van der Waals surface area contributed by atoms with Crippen molar-refractivity contribution in [2.75, 3.05) is 29.2 Å². The number of carbonyl (C=O) groups is 2. The van der Waals surface area contributed by atoms with E-state index in [1.165, 1.54) is 18.1 Å². The highest BCUT2D eigenvalue weighted by atomic mass is 79.9. The highest BCUT2D eigenvalue weighted by Crippen LogP contribution is 2.37. The SMILES string of the molecule is CCOCC(=O)Nc1ccc(Sc2ccc(C(=O)Nc3ccc(Br)cn3)cc2Nc2ncnc3nc(C(C)C)ccc23)cc1. The third-order valence-electron chi connectivity index (χ3n) is 6.38. The van der Waals surface area contributed by atoms with E-state index in [2.05, 4.69) is 60.7 Å². The number of aromatic nitrogens is 4. The molecular formula is C32H30BrN7O3S. The summed E-state index contributed by atoms with van der Waals surface area (Å²) in [4.78, 5) is 44.8. The molecule has 0 unspecified atom stereocenters. The van der Waals surface area contributed by atoms with Crippen molar-refractivity contribution in [2.24, 2.45) is 0 Å². The van der Waals surface area contributed by atoms with Gasteiger partial charge in [0, 0.05) is 44.0 Å². The Bertz CT molecular complexity index is 1780. The van der Waals surface area contributed by atoms with Crippen molar-refractivity contribution < 1.29 is 14.3 Å². The highest BCUT2D eigenvalue weighted by molar-refractivity contribution is 9.10. The standard InChI is InChI=1S/C32H30BrN7O3S/c1-4-43-17-29(41)37-22-7-9-23(10-8-22)44-27-13-5-20(32(42)40-28-14-6-21(33)16-34-28)15-26(27)39-31-24-11-12-25(19(2)3)38-30(24)35-18-36-31/h5-16,18-19H,4,17H2,1-3H3,(H,37,41)(H,34,40,42)(H,35,36,38,39). The lowest BCUT2D eigenvalue weighted by molar-refractivity contribution is -0.120. The van der Waals surface area contributed by atoms with Gasteiger partial charge in [-0.2, -0.15) is 0 Å². The first-order valence-electron chi connectivity index (χ1n) is 13.9. The number of halogens is 1. The van der Waals surface area contributed by atoms with E-state index in [-0.39, 0.29) is 24.3 Å². The number of nitrogens with one attached hydrogen (secondary N) is 3. The molecule has 12 heteroatoms. The summed E-state index contributed by atoms with van der Waals surface area (Å²) in [5.41, 5.74) is 3.31. The van der Waals surface area contributed by atoms with Crippen molar-refractivity contribution in [1.82, 2.24) is 19.9 Å². The summed E-state index contributed by atoms with van der Waals surface area (Å²) in [6.07, 6.45) is 3.10. The fraction of sp³-hybridized carbons (Fsp3) is 0.188. The van der Waals surface area contributed by atoms with Gasteiger partial charge in [0.2, 0.25) is 5.91 Å². The summed E-state index contributed by atoms with van der Waals surface area (Å²) < 4.78 is 5.99. The number of nitrogens with zero attached hydrogens (tertiary/aromatic N) is 4. The molecule has 0 aliphatic carbocycles. The largest absolute Gasteiger partial charge is 0.372 e. The molecule has 0 fully saturated rings. The lowest BCUT2D eigenvalue weighted by atomic mass is 10.1. The van der Waals surface area contributed by atoms with Crippen molar-refractivity contribution in [3.8, 4) is 0 Å². The first kappa shape index (κ1) is 31.0. The molecule has 0 saturated heterocycles. The molecule has 10 nitrogen and oxygen atoms in total. The maximum Gasteiger partial charge on any atom is 0.256 e. The number of carbonyl (C=O) groups excluding carboxylic acids is 2. The average molecular weight is 673 g/mol. The van der Waals surface area contributed by atoms with Crippen molar-refractivity contribution in [1.29, 1.82) is 0 Å². The third-order valence-corrected chi connectivity index (χ3v) is 7.93. The second-order valence-electron chi connectivity index (χ2n) is 9.95. The number of fused-ring (bicyclic) bond motifs is 1. The normalized spacial score (nSPS) is 11.0. The zero-order valence-electron chi connectivity index (χ0n) is 24.3. The van der Waals surface area contributed by atoms with Crippen LogP contribution in [0.25, 0.3) is 11.0 Å². The van der Waals surface area contributed by atoms with E-state index in [1.54, 1.807) is 24.4 Å². The molecule has 0 saturated carbocycles. The predicted molar refractivity (Wildman–Crippen MR) is 177 cm³/mol. The van der Waals surface area contributed by atoms with Crippen molar-refractivity contribution in [2.45, 2.75) is 36.5 Å². The monoisotopic (exact) mass is 671 g/mol. The lowest BCUT2D eigenvalue weighted by Crippen LogP contribution is -2.18. The zero-order valence-corrected chi connectivity index (χ0v) is 26.7. The Labute approximate surface area is 267 Å². The van der Waals surface area contributed by atoms with Crippen LogP contribution in [-0.2, 0) is 9.53 Å². The minimum atomic E-state index is -0.303. The Morgan fingerprint density at radius 1 is 0.955 bits per heavy atom. The number of amides is 2. The molecule has 3 heterocycles. The van der Waals surface area contributed by atoms with Gasteiger partial charge < -0.3 is 20.7 Å². The molecule has 5 aromatic rings. The number of ether oxygens (including phenoxy) is 1. The number of pyridine rings is 2. The van der Waals surface area contributed by atoms with Gasteiger partial charge in [0.15, 0.2) is 5.65 Å². The molecule has 0 aliphatic heterocycles. The van der Waals surface area contributed by atoms with Crippen LogP contribution in [0.5, 0.6) is 0 Å². The maximum absolute atomic E-state index is 13.2. The van der Waals surface area contributed by atoms with Crippen LogP contribution in [0.3, 0.4) is 0 Å². The summed E-state index contributed by atoms with van der Waals surface area (Å²) in [5, 5.41) is 9.85. The topological polar surface area (TPSA) is 131 Å². The van der Waals surface area contributed by atoms with Crippen LogP contribution < -0.4 is 16.0 Å². The predicted octanol–water partition coefficient (Wildman–Crippen LogP) is 7.43. The van der Waals surface area contributed by atoms with Crippen LogP contribution in [0, 0.1) is 0 Å². The number of benzene rings is 2. The van der Waals surface area contributed by atoms with E-state index < -0.39 is 0 Å². The molecule has 0 radical (unpaired) electrons. The third kappa shape index (κ3) is 7.95. The summed E-state index contributed by atoms with van der Waals surface area (Å²) in [6, 6.07) is 20.4. The molecule has 2 amide bonds. The van der Waals surface area contributed by atoms with Crippen molar-refractivity contribution in [3.05, 3.63) is 95.0 Å². The van der Waals surface area contributed by atoms with Crippen LogP contribution in [-0.4, -0.2) is 45.0 Å². The van der Waals surface area contributed by atoms with Crippen LogP contribution in [0.2, 0.25) is 0 Å². The second kappa shape index (κ2) is 14.4. The average Bonchev–Trinajstić information content (AvgIpc) is 3.02. The first-order chi connectivity index (χ1) is 21.3. The van der Waals surface area contributed by atoms with E-state index in [9.17, 15) is 9.59 Å². The van der Waals surface area contributed by atoms with Gasteiger partial charge in [-0.25, -0.2) is 19.9 Å². The molecule has 0 spiro atoms. The minimum Gasteiger partial charge on any atom is -0.372 e. The van der Waals surface area contributed by atoms with Gasteiger partial charge in [-0.1, -0.05) is 25.6 Å². The summed E-state index contributed by atoms with van der Waals surface area (Å²) in [5.74, 6) is 0.751. The first-order valence-corrected chi connectivity index (χ1v) is 15.5. The van der Waals surface area contributed by atoms with E-state index in [1.807, 2.05) is 55.5 Å². The fourth-order valence-corrected chi connectivity index (χ4v) is 5.24. The Kier molecular flexibility index (Phi) is 10.2. The highest BCUT2D eigenvalue weighted by Gasteiger charge is 2.15. The molecular weight excluding hydrogens is 642 g/mol. The van der Waals surface area contributed by atoms with Crippen molar-refractivity contribution >= 4 is 73.6 Å². The summed E-state index contributed by atoms with van der Waals surface area (Å²) in [6.45, 7) is 6.49. The van der Waals surface area contributed by atoms with E-state index in [4.69, 9.17) is 9.72 Å². The second-order valence-corrected chi connectivity index (χ2v) is 12.0. The number of anilines is 4. The molecule has 0 atom stereocenters. The lowest BCUT2D eigenvalue weighted by Gasteiger charge is -2.15. The van der Waals surface area contributed by atoms with E-state index in [0.29, 0.717) is 40.8 Å². The van der Waals surface area contributed by atoms with Gasteiger partial charge in [-0.3, -0.25) is 9.59 Å². The minimum absolute atomic E-state index is 0.00582. The van der Waals surface area contributed by atoms with Gasteiger partial charge >= 0.3 is 0 Å². The van der Waals surface area contributed by atoms with Gasteiger partial charge in [0.25, 0.3) is 5.91 Å². The number of hydrogen-bond donors (Lipinski definition) is 3. The summed E-state index contributed by atoms with van der Waals surface area (Å²) >= 11 is 4.86. The van der Waals surface area contributed by atoms with E-state index in [0.717, 1.165) is 25.3 Å². The van der Waals surface area contributed by atoms with Crippen LogP contribution in [0.15, 0.2) is 93.5 Å². The molecule has 44 heavy (non-hydrogen) atoms. The van der Waals surface area contributed by atoms with Crippen LogP contribution in [0.1, 0.15) is 42.7 Å². The van der Waals surface area contributed by atoms with Crippen LogP contribution >= 0.6 is 27.7 Å². The Morgan fingerprint density at radius 2 is 1.77 bits per heavy atom. The molecule has 3 aromatic heterocycles. The molecule has 0 aliphatic rings. The van der Waals surface area contributed by atoms with Gasteiger partial charge in [0.1, 0.15) is 24.6 Å². The Balaban J connectivity index is 1.44.